The average molecular weight is 335 g/mol. The van der Waals surface area contributed by atoms with E-state index in [1.807, 2.05) is 4.68 Å². The fourth-order valence-electron chi connectivity index (χ4n) is 3.80. The van der Waals surface area contributed by atoms with Gasteiger partial charge in [0.25, 0.3) is 5.91 Å². The van der Waals surface area contributed by atoms with E-state index in [1.165, 1.54) is 12.1 Å². The molecule has 2 N–H and O–H groups in total. The van der Waals surface area contributed by atoms with Crippen LogP contribution >= 0.6 is 0 Å². The first-order chi connectivity index (χ1) is 11.7. The number of fused-ring (bicyclic) bond motifs is 1. The number of likely N-dealkylation sites (tertiary alicyclic amines) is 1. The first-order valence-corrected chi connectivity index (χ1v) is 9.05. The van der Waals surface area contributed by atoms with Crippen molar-refractivity contribution in [3.05, 3.63) is 17.0 Å². The Morgan fingerprint density at radius 1 is 1.50 bits per heavy atom. The highest BCUT2D eigenvalue weighted by atomic mass is 16.5. The maximum atomic E-state index is 12.7. The van der Waals surface area contributed by atoms with Crippen LogP contribution in [0.25, 0.3) is 0 Å². The molecule has 7 nitrogen and oxygen atoms in total. The Kier molecular flexibility index (Phi) is 5.86. The van der Waals surface area contributed by atoms with Crippen molar-refractivity contribution in [2.45, 2.75) is 45.3 Å². The maximum Gasteiger partial charge on any atom is 0.272 e. The van der Waals surface area contributed by atoms with Gasteiger partial charge >= 0.3 is 0 Å². The Morgan fingerprint density at radius 3 is 3.17 bits per heavy atom. The summed E-state index contributed by atoms with van der Waals surface area (Å²) in [6, 6.07) is 0.462. The number of aromatic nitrogens is 2. The molecule has 134 valence electrons. The van der Waals surface area contributed by atoms with Gasteiger partial charge in [-0.15, -0.1) is 0 Å². The lowest BCUT2D eigenvalue weighted by Gasteiger charge is -2.22. The van der Waals surface area contributed by atoms with Crippen LogP contribution in [-0.4, -0.2) is 66.5 Å². The van der Waals surface area contributed by atoms with E-state index in [1.54, 1.807) is 7.11 Å². The van der Waals surface area contributed by atoms with Gasteiger partial charge in [0.2, 0.25) is 0 Å². The van der Waals surface area contributed by atoms with Crippen molar-refractivity contribution in [1.82, 2.24) is 25.3 Å². The number of methoxy groups -OCH3 is 1. The molecule has 0 radical (unpaired) electrons. The number of nitrogens with zero attached hydrogens (tertiary/aromatic N) is 3. The summed E-state index contributed by atoms with van der Waals surface area (Å²) in [7, 11) is 1.69. The molecule has 1 aromatic rings. The van der Waals surface area contributed by atoms with E-state index < -0.39 is 0 Å². The molecule has 2 aliphatic rings. The minimum atomic E-state index is -0.0472. The number of nitrogens with one attached hydrogen (secondary N) is 2. The molecule has 1 atom stereocenters. The predicted octanol–water partition coefficient (Wildman–Crippen LogP) is 0.389. The lowest BCUT2D eigenvalue weighted by Crippen LogP contribution is -2.40. The van der Waals surface area contributed by atoms with Crippen molar-refractivity contribution in [3.8, 4) is 0 Å². The van der Waals surface area contributed by atoms with Gasteiger partial charge in [0.15, 0.2) is 5.69 Å². The van der Waals surface area contributed by atoms with Crippen molar-refractivity contribution in [1.29, 1.82) is 0 Å². The van der Waals surface area contributed by atoms with Gasteiger partial charge in [0, 0.05) is 50.5 Å². The van der Waals surface area contributed by atoms with Crippen LogP contribution in [-0.2, 0) is 24.2 Å². The summed E-state index contributed by atoms with van der Waals surface area (Å²) < 4.78 is 7.11. The summed E-state index contributed by atoms with van der Waals surface area (Å²) >= 11 is 0. The van der Waals surface area contributed by atoms with Crippen LogP contribution in [0, 0.1) is 0 Å². The van der Waals surface area contributed by atoms with E-state index >= 15 is 0 Å². The lowest BCUT2D eigenvalue weighted by atomic mass is 10.1. The smallest absolute Gasteiger partial charge is 0.272 e. The van der Waals surface area contributed by atoms with Crippen LogP contribution in [0.2, 0.25) is 0 Å². The lowest BCUT2D eigenvalue weighted by molar-refractivity contribution is 0.0934. The quantitative estimate of drug-likeness (QED) is 0.754. The third kappa shape index (κ3) is 3.63. The van der Waals surface area contributed by atoms with E-state index in [4.69, 9.17) is 4.74 Å². The minimum absolute atomic E-state index is 0.0472. The third-order valence-corrected chi connectivity index (χ3v) is 5.13. The van der Waals surface area contributed by atoms with Crippen molar-refractivity contribution >= 4 is 5.91 Å². The van der Waals surface area contributed by atoms with E-state index in [9.17, 15) is 4.79 Å². The molecule has 24 heavy (non-hydrogen) atoms. The number of carbonyl (C=O) groups excluding carboxylic acids is 1. The minimum Gasteiger partial charge on any atom is -0.383 e. The highest BCUT2D eigenvalue weighted by Gasteiger charge is 2.27. The fourth-order valence-corrected chi connectivity index (χ4v) is 3.80. The summed E-state index contributed by atoms with van der Waals surface area (Å²) in [6.45, 7) is 8.03. The molecule has 0 bridgehead atoms. The first-order valence-electron chi connectivity index (χ1n) is 9.05. The third-order valence-electron chi connectivity index (χ3n) is 5.13. The summed E-state index contributed by atoms with van der Waals surface area (Å²) in [4.78, 5) is 15.1. The van der Waals surface area contributed by atoms with Gasteiger partial charge in [0.1, 0.15) is 0 Å². The summed E-state index contributed by atoms with van der Waals surface area (Å²) in [5.41, 5.74) is 2.80. The highest BCUT2D eigenvalue weighted by Crippen LogP contribution is 2.19. The van der Waals surface area contributed by atoms with Crippen LogP contribution < -0.4 is 10.6 Å². The molecule has 2 aliphatic heterocycles. The molecule has 0 aromatic carbocycles. The van der Waals surface area contributed by atoms with E-state index in [2.05, 4.69) is 27.6 Å². The van der Waals surface area contributed by atoms with Gasteiger partial charge in [-0.25, -0.2) is 0 Å². The summed E-state index contributed by atoms with van der Waals surface area (Å²) in [6.07, 6.45) is 3.29. The van der Waals surface area contributed by atoms with Gasteiger partial charge in [-0.2, -0.15) is 5.10 Å². The molecule has 0 aliphatic carbocycles. The van der Waals surface area contributed by atoms with Gasteiger partial charge in [-0.05, 0) is 25.9 Å². The monoisotopic (exact) mass is 335 g/mol. The number of hydrogen-bond acceptors (Lipinski definition) is 5. The van der Waals surface area contributed by atoms with Crippen molar-refractivity contribution in [2.75, 3.05) is 39.9 Å². The second-order valence-electron chi connectivity index (χ2n) is 6.55. The van der Waals surface area contributed by atoms with Crippen molar-refractivity contribution in [3.63, 3.8) is 0 Å². The van der Waals surface area contributed by atoms with Crippen LogP contribution in [0.3, 0.4) is 0 Å². The standard InChI is InChI=1S/C17H29N5O2/c1-3-21-8-4-5-13(21)11-19-17(23)16-14-12-18-7-6-15(14)22(20-16)9-10-24-2/h13,18H,3-12H2,1-2H3,(H,19,23)/t13-/m0/s1. The van der Waals surface area contributed by atoms with Crippen LogP contribution in [0.15, 0.2) is 0 Å². The van der Waals surface area contributed by atoms with Crippen LogP contribution in [0.4, 0.5) is 0 Å². The van der Waals surface area contributed by atoms with E-state index in [0.29, 0.717) is 31.4 Å². The predicted molar refractivity (Wildman–Crippen MR) is 92.1 cm³/mol. The molecule has 1 saturated heterocycles. The average Bonchev–Trinajstić information content (AvgIpc) is 3.22. The number of hydrogen-bond donors (Lipinski definition) is 2. The van der Waals surface area contributed by atoms with Crippen LogP contribution in [0.1, 0.15) is 41.5 Å². The number of ether oxygens (including phenoxy) is 1. The number of rotatable bonds is 7. The summed E-state index contributed by atoms with van der Waals surface area (Å²) in [5.74, 6) is -0.0472. The molecule has 1 aromatic heterocycles. The molecule has 0 saturated carbocycles. The summed E-state index contributed by atoms with van der Waals surface area (Å²) in [5, 5.41) is 11.0. The van der Waals surface area contributed by atoms with Crippen LogP contribution in [0.5, 0.6) is 0 Å². The molecule has 3 heterocycles. The Bertz CT molecular complexity index is 572. The second kappa shape index (κ2) is 8.09. The molecular weight excluding hydrogens is 306 g/mol. The molecule has 1 fully saturated rings. The Morgan fingerprint density at radius 2 is 2.38 bits per heavy atom. The zero-order valence-corrected chi connectivity index (χ0v) is 14.8. The Balaban J connectivity index is 1.68. The maximum absolute atomic E-state index is 12.7. The number of amides is 1. The van der Waals surface area contributed by atoms with E-state index in [-0.39, 0.29) is 5.91 Å². The molecule has 0 spiro atoms. The number of likely N-dealkylation sites (N-methyl/N-ethyl adjacent to an activating group) is 1. The van der Waals surface area contributed by atoms with Gasteiger partial charge < -0.3 is 15.4 Å². The Hall–Kier alpha value is -1.44. The normalized spacial score (nSPS) is 21.0. The molecule has 3 rings (SSSR count). The van der Waals surface area contributed by atoms with Crippen molar-refractivity contribution in [2.24, 2.45) is 0 Å². The fraction of sp³-hybridized carbons (Fsp3) is 0.765. The largest absolute Gasteiger partial charge is 0.383 e. The van der Waals surface area contributed by atoms with Gasteiger partial charge in [-0.3, -0.25) is 14.4 Å². The molecule has 7 heteroatoms. The van der Waals surface area contributed by atoms with E-state index in [0.717, 1.165) is 44.6 Å². The van der Waals surface area contributed by atoms with Gasteiger partial charge in [-0.1, -0.05) is 6.92 Å². The van der Waals surface area contributed by atoms with Gasteiger partial charge in [0.05, 0.1) is 13.2 Å². The molecule has 1 amide bonds. The zero-order chi connectivity index (χ0) is 16.9. The number of carbonyl (C=O) groups is 1. The molecular formula is C17H29N5O2. The van der Waals surface area contributed by atoms with Crippen molar-refractivity contribution < 1.29 is 9.53 Å². The first kappa shape index (κ1) is 17.4. The topological polar surface area (TPSA) is 71.4 Å². The Labute approximate surface area is 143 Å². The molecule has 0 unspecified atom stereocenters. The second-order valence-corrected chi connectivity index (χ2v) is 6.55. The SMILES string of the molecule is CCN1CCC[C@H]1CNC(=O)c1nn(CCOC)c2c1CNCC2. The highest BCUT2D eigenvalue weighted by molar-refractivity contribution is 5.94. The zero-order valence-electron chi connectivity index (χ0n) is 14.8.